The highest BCUT2D eigenvalue weighted by molar-refractivity contribution is 7.58. The van der Waals surface area contributed by atoms with Gasteiger partial charge in [0.1, 0.15) is 11.6 Å². The third-order valence-electron chi connectivity index (χ3n) is 0.863. The first-order valence-corrected chi connectivity index (χ1v) is 2.86. The van der Waals surface area contributed by atoms with Gasteiger partial charge < -0.3 is 12.4 Å². The molecule has 0 bridgehead atoms. The minimum absolute atomic E-state index is 0. The van der Waals surface area contributed by atoms with Crippen LogP contribution in [0.2, 0.25) is 0 Å². The van der Waals surface area contributed by atoms with E-state index in [2.05, 4.69) is 12.6 Å². The summed E-state index contributed by atoms with van der Waals surface area (Å²) in [6, 6.07) is 3.21. The lowest BCUT2D eigenvalue weighted by molar-refractivity contribution is -0.00000304. The second-order valence-electron chi connectivity index (χ2n) is 1.66. The van der Waals surface area contributed by atoms with E-state index in [0.29, 0.717) is 4.90 Å². The number of halogens is 3. The Balaban J connectivity index is 0.000000810. The Morgan fingerprint density at radius 2 is 1.40 bits per heavy atom. The van der Waals surface area contributed by atoms with Crippen molar-refractivity contribution < 1.29 is 21.2 Å². The Hall–Kier alpha value is -0.280. The maximum atomic E-state index is 12.2. The van der Waals surface area contributed by atoms with Crippen LogP contribution < -0.4 is 12.4 Å². The van der Waals surface area contributed by atoms with Gasteiger partial charge in [0.05, 0.1) is 0 Å². The van der Waals surface area contributed by atoms with Crippen molar-refractivity contribution in [3.05, 3.63) is 29.8 Å². The van der Waals surface area contributed by atoms with Gasteiger partial charge in [-0.25, -0.2) is 8.78 Å². The molecule has 0 unspecified atom stereocenters. The van der Waals surface area contributed by atoms with E-state index in [-0.39, 0.29) is 12.4 Å². The molecule has 0 N–H and O–H groups in total. The third kappa shape index (κ3) is 2.54. The molecule has 0 atom stereocenters. The molecule has 0 aliphatic carbocycles. The van der Waals surface area contributed by atoms with E-state index >= 15 is 0 Å². The van der Waals surface area contributed by atoms with Crippen LogP contribution >= 0.6 is 0 Å². The van der Waals surface area contributed by atoms with Crippen LogP contribution in [-0.4, -0.2) is 0 Å². The quantitative estimate of drug-likeness (QED) is 0.422. The molecule has 0 heterocycles. The molecule has 0 saturated carbocycles. The molecule has 0 aliphatic rings. The summed E-state index contributed by atoms with van der Waals surface area (Å²) < 4.78 is 24.3. The molecule has 0 saturated heterocycles. The molecule has 1 aromatic rings. The van der Waals surface area contributed by atoms with Crippen LogP contribution in [-0.2, 0) is 12.6 Å². The van der Waals surface area contributed by atoms with E-state index in [4.69, 9.17) is 0 Å². The zero-order chi connectivity index (χ0) is 6.85. The molecule has 0 nitrogen and oxygen atoms in total. The molecule has 0 fully saturated rings. The minimum Gasteiger partial charge on any atom is -1.00 e. The summed E-state index contributed by atoms with van der Waals surface area (Å²) in [5.74, 6) is -1.14. The lowest BCUT2D eigenvalue weighted by Gasteiger charge is -1.86. The molecular weight excluding hydrogens is 178 g/mol. The Kier molecular flexibility index (Phi) is 3.68. The van der Waals surface area contributed by atoms with E-state index < -0.39 is 11.6 Å². The number of rotatable bonds is 0. The Bertz CT molecular complexity index is 177. The average Bonchev–Trinajstić information content (AvgIpc) is 1.59. The first-order chi connectivity index (χ1) is 4.18. The van der Waals surface area contributed by atoms with Crippen molar-refractivity contribution in [3.8, 4) is 0 Å². The standard InChI is InChI=1S/C6H4F2S.ClH/c7-4-1-5(8)3-6(9)2-4;/h1-3,9H;1H. The van der Waals surface area contributed by atoms with Crippen molar-refractivity contribution in [2.24, 2.45) is 0 Å². The van der Waals surface area contributed by atoms with E-state index in [1.807, 2.05) is 0 Å². The number of benzene rings is 1. The van der Waals surface area contributed by atoms with Crippen LogP contribution in [0.15, 0.2) is 23.1 Å². The van der Waals surface area contributed by atoms with E-state index in [1.54, 1.807) is 0 Å². The molecule has 56 valence electrons. The second kappa shape index (κ2) is 3.78. The lowest BCUT2D eigenvalue weighted by atomic mass is 10.3. The van der Waals surface area contributed by atoms with Gasteiger partial charge in [0.2, 0.25) is 0 Å². The molecular formula is C6H5ClF2S. The van der Waals surface area contributed by atoms with Crippen molar-refractivity contribution in [1.82, 2.24) is 0 Å². The fourth-order valence-electron chi connectivity index (χ4n) is 0.554. The zero-order valence-corrected chi connectivity index (χ0v) is 6.62. The van der Waals surface area contributed by atoms with E-state index in [0.717, 1.165) is 6.07 Å². The Labute approximate surface area is 69.1 Å². The maximum absolute atomic E-state index is 12.2. The normalized spacial score (nSPS) is 8.70. The van der Waals surface area contributed by atoms with E-state index in [1.165, 1.54) is 12.1 Å². The highest BCUT2D eigenvalue weighted by Crippen LogP contribution is 2.05. The van der Waals surface area contributed by atoms with Crippen LogP contribution in [0, 0.1) is 11.6 Å². The van der Waals surface area contributed by atoms with Crippen LogP contribution in [0.1, 0.15) is 0 Å². The largest absolute Gasteiger partial charge is 1.00 e. The molecule has 10 heavy (non-hydrogen) atoms. The van der Waals surface area contributed by atoms with E-state index in [9.17, 15) is 8.78 Å². The van der Waals surface area contributed by atoms with Crippen LogP contribution in [0.4, 0.5) is 8.78 Å². The summed E-state index contributed by atoms with van der Waals surface area (Å²) in [5.41, 5.74) is 0. The van der Waals surface area contributed by atoms with Crippen molar-refractivity contribution in [1.29, 1.82) is 0 Å². The van der Waals surface area contributed by atoms with Gasteiger partial charge in [-0.2, -0.15) is 0 Å². The molecule has 0 aromatic heterocycles. The topological polar surface area (TPSA) is 0 Å². The van der Waals surface area contributed by atoms with Crippen LogP contribution in [0.5, 0.6) is 0 Å². The Morgan fingerprint density at radius 3 is 1.70 bits per heavy atom. The van der Waals surface area contributed by atoms with Gasteiger partial charge in [-0.3, -0.25) is 0 Å². The van der Waals surface area contributed by atoms with Crippen LogP contribution in [0.25, 0.3) is 0 Å². The second-order valence-corrected chi connectivity index (χ2v) is 2.24. The maximum Gasteiger partial charge on any atom is 0.156 e. The Morgan fingerprint density at radius 1 is 1.00 bits per heavy atom. The lowest BCUT2D eigenvalue weighted by Crippen LogP contribution is -3.00. The van der Waals surface area contributed by atoms with Crippen molar-refractivity contribution in [2.75, 3.05) is 0 Å². The summed E-state index contributed by atoms with van der Waals surface area (Å²) in [4.78, 5) is 0.410. The summed E-state index contributed by atoms with van der Waals surface area (Å²) in [7, 11) is 0. The van der Waals surface area contributed by atoms with Gasteiger partial charge in [0, 0.05) is 18.2 Å². The fraction of sp³-hybridized carbons (Fsp3) is 0. The summed E-state index contributed by atoms with van der Waals surface area (Å²) in [6.07, 6.45) is 0. The van der Waals surface area contributed by atoms with Gasteiger partial charge in [0.15, 0.2) is 4.90 Å². The monoisotopic (exact) mass is 182 g/mol. The van der Waals surface area contributed by atoms with Gasteiger partial charge >= 0.3 is 0 Å². The molecule has 0 spiro atoms. The van der Waals surface area contributed by atoms with Gasteiger partial charge in [-0.05, 0) is 12.6 Å². The van der Waals surface area contributed by atoms with Gasteiger partial charge in [-0.15, -0.1) is 0 Å². The van der Waals surface area contributed by atoms with Gasteiger partial charge in [-0.1, -0.05) is 0 Å². The highest BCUT2D eigenvalue weighted by Gasteiger charge is 1.98. The fourth-order valence-corrected chi connectivity index (χ4v) is 0.830. The smallest absolute Gasteiger partial charge is 0.156 e. The summed E-state index contributed by atoms with van der Waals surface area (Å²) in [6.45, 7) is 0. The average molecular weight is 183 g/mol. The molecule has 1 aromatic carbocycles. The highest BCUT2D eigenvalue weighted by atomic mass is 35.5. The summed E-state index contributed by atoms with van der Waals surface area (Å²) >= 11 is 2.98. The molecule has 0 amide bonds. The van der Waals surface area contributed by atoms with Crippen LogP contribution in [0.3, 0.4) is 0 Å². The molecule has 0 aliphatic heterocycles. The number of hydrogen-bond acceptors (Lipinski definition) is 0. The predicted octanol–water partition coefficient (Wildman–Crippen LogP) is -1.66. The first-order valence-electron chi connectivity index (χ1n) is 2.36. The SMILES string of the molecule is Fc1cc(F)cc([SH2+])c1.[Cl-]. The molecule has 4 heteroatoms. The van der Waals surface area contributed by atoms with Gasteiger partial charge in [0.25, 0.3) is 0 Å². The van der Waals surface area contributed by atoms with Crippen molar-refractivity contribution in [3.63, 3.8) is 0 Å². The predicted molar refractivity (Wildman–Crippen MR) is 34.8 cm³/mol. The zero-order valence-electron chi connectivity index (χ0n) is 4.87. The third-order valence-corrected chi connectivity index (χ3v) is 1.15. The molecule has 1 rings (SSSR count). The van der Waals surface area contributed by atoms with Crippen molar-refractivity contribution in [2.45, 2.75) is 4.90 Å². The number of hydrogen-bond donors (Lipinski definition) is 0. The van der Waals surface area contributed by atoms with Crippen molar-refractivity contribution >= 4 is 12.6 Å². The summed E-state index contributed by atoms with van der Waals surface area (Å²) in [5, 5.41) is 0. The first kappa shape index (κ1) is 9.72. The minimum atomic E-state index is -0.569. The molecule has 0 radical (unpaired) electrons.